The first-order chi connectivity index (χ1) is 18.7. The highest BCUT2D eigenvalue weighted by Gasteiger charge is 2.38. The predicted octanol–water partition coefficient (Wildman–Crippen LogP) is 2.39. The first-order valence-corrected chi connectivity index (χ1v) is 12.9. The molecule has 1 aliphatic rings. The Labute approximate surface area is 227 Å². The highest BCUT2D eigenvalue weighted by atomic mass is 32.1. The number of thiazole rings is 1. The van der Waals surface area contributed by atoms with E-state index in [0.717, 1.165) is 74.8 Å². The summed E-state index contributed by atoms with van der Waals surface area (Å²) in [4.78, 5) is 35.7. The molecule has 4 rings (SSSR count). The number of methoxy groups -OCH3 is 1. The van der Waals surface area contributed by atoms with E-state index >= 15 is 0 Å². The van der Waals surface area contributed by atoms with E-state index in [0.29, 0.717) is 12.4 Å². The van der Waals surface area contributed by atoms with Gasteiger partial charge in [0.2, 0.25) is 5.95 Å². The van der Waals surface area contributed by atoms with Crippen LogP contribution in [0.2, 0.25) is 0 Å². The van der Waals surface area contributed by atoms with Crippen LogP contribution >= 0.6 is 11.3 Å². The van der Waals surface area contributed by atoms with Gasteiger partial charge in [0.25, 0.3) is 0 Å². The molecule has 39 heavy (non-hydrogen) atoms. The number of alkyl halides is 3. The van der Waals surface area contributed by atoms with Gasteiger partial charge >= 0.3 is 12.1 Å². The number of piperazine rings is 1. The Balaban J connectivity index is 0.000000532. The highest BCUT2D eigenvalue weighted by molar-refractivity contribution is 7.09. The number of hydrogen-bond donors (Lipinski definition) is 3. The molecule has 4 heterocycles. The fraction of sp³-hybridized carbons (Fsp3) is 0.478. The van der Waals surface area contributed by atoms with Crippen molar-refractivity contribution in [1.82, 2.24) is 29.8 Å². The number of aromatic nitrogens is 5. The van der Waals surface area contributed by atoms with Gasteiger partial charge in [0.05, 0.1) is 5.01 Å². The van der Waals surface area contributed by atoms with Crippen molar-refractivity contribution in [3.05, 3.63) is 46.9 Å². The van der Waals surface area contributed by atoms with Crippen LogP contribution in [0.25, 0.3) is 0 Å². The van der Waals surface area contributed by atoms with Crippen LogP contribution in [-0.4, -0.2) is 100.0 Å². The maximum absolute atomic E-state index is 10.6. The number of aliphatic carboxylic acids is 1. The average Bonchev–Trinajstić information content (AvgIpc) is 3.43. The van der Waals surface area contributed by atoms with E-state index < -0.39 is 12.1 Å². The quantitative estimate of drug-likeness (QED) is 0.312. The minimum Gasteiger partial charge on any atom is -0.475 e. The van der Waals surface area contributed by atoms with Gasteiger partial charge in [-0.3, -0.25) is 4.90 Å². The van der Waals surface area contributed by atoms with E-state index in [9.17, 15) is 13.2 Å². The lowest BCUT2D eigenvalue weighted by atomic mass is 10.3. The topological polar surface area (TPSA) is 142 Å². The van der Waals surface area contributed by atoms with E-state index in [1.165, 1.54) is 0 Å². The van der Waals surface area contributed by atoms with Crippen molar-refractivity contribution in [3.63, 3.8) is 0 Å². The van der Waals surface area contributed by atoms with Crippen molar-refractivity contribution in [1.29, 1.82) is 0 Å². The molecule has 0 saturated carbocycles. The van der Waals surface area contributed by atoms with Crippen LogP contribution in [-0.2, 0) is 22.6 Å². The number of carboxylic acid groups (broad SMARTS) is 1. The van der Waals surface area contributed by atoms with Crippen molar-refractivity contribution in [3.8, 4) is 0 Å². The molecule has 3 aromatic rings. The summed E-state index contributed by atoms with van der Waals surface area (Å²) in [6, 6.07) is 3.80. The SMILES string of the molecule is COCc1nc(NCCc2nccs2)cc(NCCN2CCN(c3ncccn3)CC2)n1.O=C(O)C(F)(F)F. The fourth-order valence-corrected chi connectivity index (χ4v) is 4.13. The molecule has 0 aromatic carbocycles. The Morgan fingerprint density at radius 1 is 1.05 bits per heavy atom. The van der Waals surface area contributed by atoms with E-state index in [1.54, 1.807) is 30.8 Å². The van der Waals surface area contributed by atoms with Crippen molar-refractivity contribution >= 4 is 34.9 Å². The number of hydrogen-bond acceptors (Lipinski definition) is 12. The molecule has 212 valence electrons. The molecule has 0 spiro atoms. The minimum absolute atomic E-state index is 0.375. The molecule has 0 aliphatic carbocycles. The van der Waals surface area contributed by atoms with Crippen LogP contribution in [0.15, 0.2) is 36.1 Å². The maximum atomic E-state index is 10.6. The van der Waals surface area contributed by atoms with Gasteiger partial charge in [-0.2, -0.15) is 13.2 Å². The van der Waals surface area contributed by atoms with Gasteiger partial charge in [0.15, 0.2) is 5.82 Å². The average molecular weight is 570 g/mol. The summed E-state index contributed by atoms with van der Waals surface area (Å²) in [5.41, 5.74) is 0. The Kier molecular flexibility index (Phi) is 11.6. The summed E-state index contributed by atoms with van der Waals surface area (Å²) in [5, 5.41) is 17.0. The normalized spacial score (nSPS) is 13.9. The predicted molar refractivity (Wildman–Crippen MR) is 140 cm³/mol. The number of ether oxygens (including phenoxy) is 1. The summed E-state index contributed by atoms with van der Waals surface area (Å²) in [6.07, 6.45) is 1.20. The molecule has 0 atom stereocenters. The zero-order valence-electron chi connectivity index (χ0n) is 21.3. The zero-order valence-corrected chi connectivity index (χ0v) is 22.1. The molecular weight excluding hydrogens is 539 g/mol. The van der Waals surface area contributed by atoms with Gasteiger partial charge in [0.1, 0.15) is 18.2 Å². The van der Waals surface area contributed by atoms with Gasteiger partial charge < -0.3 is 25.4 Å². The largest absolute Gasteiger partial charge is 0.490 e. The molecule has 0 amide bonds. The number of nitrogens with one attached hydrogen (secondary N) is 2. The van der Waals surface area contributed by atoms with Crippen LogP contribution < -0.4 is 15.5 Å². The van der Waals surface area contributed by atoms with Crippen LogP contribution in [0.4, 0.5) is 30.8 Å². The first kappa shape index (κ1) is 29.9. The summed E-state index contributed by atoms with van der Waals surface area (Å²) in [7, 11) is 1.65. The summed E-state index contributed by atoms with van der Waals surface area (Å²) >= 11 is 1.67. The molecule has 3 N–H and O–H groups in total. The number of carbonyl (C=O) groups is 1. The molecule has 0 unspecified atom stereocenters. The van der Waals surface area contributed by atoms with Crippen LogP contribution in [0.1, 0.15) is 10.8 Å². The highest BCUT2D eigenvalue weighted by Crippen LogP contribution is 2.14. The molecular formula is C23H30F3N9O3S. The van der Waals surface area contributed by atoms with Crippen LogP contribution in [0.5, 0.6) is 0 Å². The molecule has 1 aliphatic heterocycles. The number of nitrogens with zero attached hydrogens (tertiary/aromatic N) is 7. The molecule has 1 saturated heterocycles. The Hall–Kier alpha value is -3.63. The molecule has 1 fully saturated rings. The van der Waals surface area contributed by atoms with E-state index in [4.69, 9.17) is 14.6 Å². The maximum Gasteiger partial charge on any atom is 0.490 e. The standard InChI is InChI=1S/C21H29N9OS.C2HF3O2/c1-31-16-19-27-17(22-6-3-20-24-8-14-32-20)15-18(28-19)23-7-9-29-10-12-30(13-11-29)21-25-4-2-5-26-21;3-2(4,5)1(6)7/h2,4-5,8,14-15H,3,6-7,9-13,16H2,1H3,(H2,22,23,27,28);(H,6,7). The minimum atomic E-state index is -5.08. The van der Waals surface area contributed by atoms with Gasteiger partial charge in [-0.25, -0.2) is 29.7 Å². The molecule has 0 radical (unpaired) electrons. The van der Waals surface area contributed by atoms with Crippen molar-refractivity contribution < 1.29 is 27.8 Å². The van der Waals surface area contributed by atoms with Crippen molar-refractivity contribution in [2.24, 2.45) is 0 Å². The number of halogens is 3. The third-order valence-corrected chi connectivity index (χ3v) is 6.20. The molecule has 0 bridgehead atoms. The lowest BCUT2D eigenvalue weighted by Gasteiger charge is -2.34. The number of rotatable bonds is 11. The second-order valence-corrected chi connectivity index (χ2v) is 9.18. The van der Waals surface area contributed by atoms with E-state index in [1.807, 2.05) is 23.7 Å². The Bertz CT molecular complexity index is 1130. The van der Waals surface area contributed by atoms with Crippen molar-refractivity contribution in [2.75, 3.05) is 68.5 Å². The van der Waals surface area contributed by atoms with Crippen molar-refractivity contribution in [2.45, 2.75) is 19.2 Å². The number of anilines is 3. The Morgan fingerprint density at radius 3 is 2.26 bits per heavy atom. The smallest absolute Gasteiger partial charge is 0.475 e. The van der Waals surface area contributed by atoms with Crippen LogP contribution in [0.3, 0.4) is 0 Å². The first-order valence-electron chi connectivity index (χ1n) is 12.0. The van der Waals surface area contributed by atoms with Gasteiger partial charge in [0, 0.05) is 89.4 Å². The second-order valence-electron chi connectivity index (χ2n) is 8.20. The zero-order chi connectivity index (χ0) is 28.1. The summed E-state index contributed by atoms with van der Waals surface area (Å²) in [6.45, 7) is 6.74. The molecule has 3 aromatic heterocycles. The Morgan fingerprint density at radius 2 is 1.69 bits per heavy atom. The summed E-state index contributed by atoms with van der Waals surface area (Å²) < 4.78 is 37.0. The monoisotopic (exact) mass is 569 g/mol. The fourth-order valence-electron chi connectivity index (χ4n) is 3.51. The van der Waals surface area contributed by atoms with E-state index in [2.05, 4.69) is 45.4 Å². The van der Waals surface area contributed by atoms with Gasteiger partial charge in [-0.15, -0.1) is 11.3 Å². The van der Waals surface area contributed by atoms with E-state index in [-0.39, 0.29) is 0 Å². The third-order valence-electron chi connectivity index (χ3n) is 5.36. The van der Waals surface area contributed by atoms with Gasteiger partial charge in [-0.05, 0) is 6.07 Å². The number of carboxylic acids is 1. The summed E-state index contributed by atoms with van der Waals surface area (Å²) in [5.74, 6) is 0.313. The molecule has 12 nitrogen and oxygen atoms in total. The lowest BCUT2D eigenvalue weighted by Crippen LogP contribution is -2.48. The third kappa shape index (κ3) is 10.6. The molecule has 16 heteroatoms. The second kappa shape index (κ2) is 15.1. The van der Waals surface area contributed by atoms with Crippen LogP contribution in [0, 0.1) is 0 Å². The lowest BCUT2D eigenvalue weighted by molar-refractivity contribution is -0.192. The van der Waals surface area contributed by atoms with Gasteiger partial charge in [-0.1, -0.05) is 0 Å².